The van der Waals surface area contributed by atoms with E-state index in [9.17, 15) is 13.2 Å². The lowest BCUT2D eigenvalue weighted by atomic mass is 9.97. The van der Waals surface area contributed by atoms with E-state index in [4.69, 9.17) is 10.8 Å². The summed E-state index contributed by atoms with van der Waals surface area (Å²) in [6.07, 6.45) is 0. The second-order valence-corrected chi connectivity index (χ2v) is 3.35. The summed E-state index contributed by atoms with van der Waals surface area (Å²) in [5.74, 6) is -4.03. The maximum absolute atomic E-state index is 13.1. The van der Waals surface area contributed by atoms with Gasteiger partial charge in [0.2, 0.25) is 0 Å². The second-order valence-electron chi connectivity index (χ2n) is 3.35. The van der Waals surface area contributed by atoms with Crippen LogP contribution in [-0.4, -0.2) is 17.6 Å². The molecule has 0 unspecified atom stereocenters. The van der Waals surface area contributed by atoms with Crippen LogP contribution in [0.15, 0.2) is 18.2 Å². The molecule has 3 N–H and O–H groups in total. The molecule has 0 aromatic heterocycles. The highest BCUT2D eigenvalue weighted by Gasteiger charge is 2.38. The number of alkyl halides is 2. The predicted molar refractivity (Wildman–Crippen MR) is 57.3 cm³/mol. The first-order valence-electron chi connectivity index (χ1n) is 4.39. The minimum Gasteiger partial charge on any atom is -0.390 e. The molecular weight excluding hydrogens is 243 g/mol. The van der Waals surface area contributed by atoms with Gasteiger partial charge >= 0.3 is 0 Å². The van der Waals surface area contributed by atoms with E-state index < -0.39 is 24.4 Å². The van der Waals surface area contributed by atoms with Gasteiger partial charge in [-0.1, -0.05) is 12.1 Å². The Morgan fingerprint density at radius 1 is 1.44 bits per heavy atom. The van der Waals surface area contributed by atoms with Crippen LogP contribution in [-0.2, 0) is 0 Å². The molecule has 0 saturated heterocycles. The number of rotatable bonds is 3. The SMILES string of the molecule is Cc1c(F)cccc1[C@H](N)C(F)(F)CO.Cl. The first-order chi connectivity index (χ1) is 6.90. The predicted octanol–water partition coefficient (Wildman–Crippen LogP) is 2.18. The standard InChI is InChI=1S/C10H12F3NO.ClH/c1-6-7(3-2-4-8(6)11)9(14)10(12,13)5-15;/h2-4,9,15H,5,14H2,1H3;1H/t9-;/m0./s1. The largest absolute Gasteiger partial charge is 0.390 e. The quantitative estimate of drug-likeness (QED) is 0.870. The van der Waals surface area contributed by atoms with Crippen molar-refractivity contribution in [2.75, 3.05) is 6.61 Å². The van der Waals surface area contributed by atoms with Crippen LogP contribution in [0.1, 0.15) is 17.2 Å². The topological polar surface area (TPSA) is 46.2 Å². The normalized spacial score (nSPS) is 13.1. The Morgan fingerprint density at radius 2 is 2.00 bits per heavy atom. The summed E-state index contributed by atoms with van der Waals surface area (Å²) in [6.45, 7) is 0.0160. The van der Waals surface area contributed by atoms with E-state index in [-0.39, 0.29) is 23.5 Å². The molecule has 0 bridgehead atoms. The van der Waals surface area contributed by atoms with Gasteiger partial charge in [0.25, 0.3) is 5.92 Å². The van der Waals surface area contributed by atoms with Crippen molar-refractivity contribution in [1.29, 1.82) is 0 Å². The van der Waals surface area contributed by atoms with Gasteiger partial charge in [-0.15, -0.1) is 12.4 Å². The monoisotopic (exact) mass is 255 g/mol. The number of aliphatic hydroxyl groups excluding tert-OH is 1. The third-order valence-corrected chi connectivity index (χ3v) is 2.31. The number of benzene rings is 1. The Balaban J connectivity index is 0.00000225. The molecule has 1 atom stereocenters. The molecule has 16 heavy (non-hydrogen) atoms. The van der Waals surface area contributed by atoms with Crippen molar-refractivity contribution in [3.63, 3.8) is 0 Å². The molecule has 0 aliphatic carbocycles. The Bertz CT molecular complexity index is 360. The Morgan fingerprint density at radius 3 is 2.50 bits per heavy atom. The third kappa shape index (κ3) is 2.87. The zero-order chi connectivity index (χ0) is 11.6. The first kappa shape index (κ1) is 15.2. The van der Waals surface area contributed by atoms with Crippen molar-refractivity contribution >= 4 is 12.4 Å². The first-order valence-corrected chi connectivity index (χ1v) is 4.39. The van der Waals surface area contributed by atoms with Crippen LogP contribution < -0.4 is 5.73 Å². The molecular formula is C10H13ClF3NO. The summed E-state index contributed by atoms with van der Waals surface area (Å²) in [5, 5.41) is 8.46. The summed E-state index contributed by atoms with van der Waals surface area (Å²) in [6, 6.07) is 2.11. The van der Waals surface area contributed by atoms with Gasteiger partial charge in [0.1, 0.15) is 12.4 Å². The molecule has 2 nitrogen and oxygen atoms in total. The van der Waals surface area contributed by atoms with Gasteiger partial charge in [0, 0.05) is 0 Å². The van der Waals surface area contributed by atoms with Gasteiger partial charge in [-0.3, -0.25) is 0 Å². The van der Waals surface area contributed by atoms with Gasteiger partial charge in [-0.2, -0.15) is 0 Å². The fourth-order valence-corrected chi connectivity index (χ4v) is 1.29. The molecule has 6 heteroatoms. The Hall–Kier alpha value is -0.780. The van der Waals surface area contributed by atoms with Crippen molar-refractivity contribution in [1.82, 2.24) is 0 Å². The molecule has 0 spiro atoms. The van der Waals surface area contributed by atoms with Crippen LogP contribution in [0.4, 0.5) is 13.2 Å². The molecule has 0 heterocycles. The van der Waals surface area contributed by atoms with E-state index in [1.807, 2.05) is 0 Å². The molecule has 92 valence electrons. The molecule has 0 amide bonds. The molecule has 0 aliphatic rings. The van der Waals surface area contributed by atoms with E-state index in [1.165, 1.54) is 25.1 Å². The Labute approximate surface area is 97.7 Å². The molecule has 0 fully saturated rings. The second kappa shape index (κ2) is 5.52. The summed E-state index contributed by atoms with van der Waals surface area (Å²) in [5.41, 5.74) is 5.37. The van der Waals surface area contributed by atoms with Crippen LogP contribution in [0.25, 0.3) is 0 Å². The van der Waals surface area contributed by atoms with E-state index in [2.05, 4.69) is 0 Å². The minimum atomic E-state index is -3.45. The fraction of sp³-hybridized carbons (Fsp3) is 0.400. The Kier molecular flexibility index (Phi) is 5.25. The minimum absolute atomic E-state index is 0. The average Bonchev–Trinajstić information content (AvgIpc) is 2.21. The van der Waals surface area contributed by atoms with Crippen molar-refractivity contribution < 1.29 is 18.3 Å². The van der Waals surface area contributed by atoms with Crippen molar-refractivity contribution in [3.05, 3.63) is 35.1 Å². The summed E-state index contributed by atoms with van der Waals surface area (Å²) in [4.78, 5) is 0. The number of aliphatic hydroxyl groups is 1. The molecule has 0 aliphatic heterocycles. The van der Waals surface area contributed by atoms with Gasteiger partial charge in [0.05, 0.1) is 6.04 Å². The highest BCUT2D eigenvalue weighted by molar-refractivity contribution is 5.85. The van der Waals surface area contributed by atoms with Crippen molar-refractivity contribution in [3.8, 4) is 0 Å². The van der Waals surface area contributed by atoms with Crippen molar-refractivity contribution in [2.24, 2.45) is 5.73 Å². The van der Waals surface area contributed by atoms with Gasteiger partial charge in [0.15, 0.2) is 0 Å². The lowest BCUT2D eigenvalue weighted by molar-refractivity contribution is -0.0713. The zero-order valence-electron chi connectivity index (χ0n) is 8.58. The summed E-state index contributed by atoms with van der Waals surface area (Å²) >= 11 is 0. The highest BCUT2D eigenvalue weighted by Crippen LogP contribution is 2.31. The van der Waals surface area contributed by atoms with E-state index in [0.29, 0.717) is 0 Å². The maximum Gasteiger partial charge on any atom is 0.289 e. The van der Waals surface area contributed by atoms with Crippen LogP contribution in [0.3, 0.4) is 0 Å². The number of nitrogens with two attached hydrogens (primary N) is 1. The number of halogens is 4. The fourth-order valence-electron chi connectivity index (χ4n) is 1.29. The maximum atomic E-state index is 13.1. The molecule has 0 radical (unpaired) electrons. The van der Waals surface area contributed by atoms with E-state index in [1.54, 1.807) is 0 Å². The van der Waals surface area contributed by atoms with Gasteiger partial charge in [-0.25, -0.2) is 13.2 Å². The molecule has 1 aromatic carbocycles. The lowest BCUT2D eigenvalue weighted by Gasteiger charge is -2.23. The summed E-state index contributed by atoms with van der Waals surface area (Å²) in [7, 11) is 0. The van der Waals surface area contributed by atoms with E-state index >= 15 is 0 Å². The van der Waals surface area contributed by atoms with Crippen LogP contribution in [0.5, 0.6) is 0 Å². The number of hydrogen-bond acceptors (Lipinski definition) is 2. The van der Waals surface area contributed by atoms with Crippen molar-refractivity contribution in [2.45, 2.75) is 18.9 Å². The average molecular weight is 256 g/mol. The smallest absolute Gasteiger partial charge is 0.289 e. The van der Waals surface area contributed by atoms with Crippen LogP contribution in [0.2, 0.25) is 0 Å². The van der Waals surface area contributed by atoms with Gasteiger partial charge in [-0.05, 0) is 24.1 Å². The zero-order valence-corrected chi connectivity index (χ0v) is 9.40. The lowest BCUT2D eigenvalue weighted by Crippen LogP contribution is -2.36. The molecule has 1 rings (SSSR count). The van der Waals surface area contributed by atoms with Crippen LogP contribution >= 0.6 is 12.4 Å². The molecule has 1 aromatic rings. The third-order valence-electron chi connectivity index (χ3n) is 2.31. The highest BCUT2D eigenvalue weighted by atomic mass is 35.5. The number of hydrogen-bond donors (Lipinski definition) is 2. The van der Waals surface area contributed by atoms with E-state index in [0.717, 1.165) is 0 Å². The van der Waals surface area contributed by atoms with Gasteiger partial charge < -0.3 is 10.8 Å². The van der Waals surface area contributed by atoms with Crippen LogP contribution in [0, 0.1) is 12.7 Å². The molecule has 0 saturated carbocycles. The summed E-state index contributed by atoms with van der Waals surface area (Å²) < 4.78 is 39.2.